The van der Waals surface area contributed by atoms with Gasteiger partial charge in [0.15, 0.2) is 5.82 Å². The molecule has 2 amide bonds. The maximum Gasteiger partial charge on any atom is 0.371 e. The number of aryl methyl sites for hydroxylation is 1. The van der Waals surface area contributed by atoms with Crippen LogP contribution >= 0.6 is 11.8 Å². The Kier molecular flexibility index (Phi) is 6.01. The molecule has 24 heavy (non-hydrogen) atoms. The van der Waals surface area contributed by atoms with Crippen molar-refractivity contribution in [1.82, 2.24) is 10.5 Å². The minimum absolute atomic E-state index is 0.0804. The van der Waals surface area contributed by atoms with Gasteiger partial charge in [-0.1, -0.05) is 5.16 Å². The van der Waals surface area contributed by atoms with E-state index in [1.165, 1.54) is 12.1 Å². The summed E-state index contributed by atoms with van der Waals surface area (Å²) in [5.41, 5.74) is 0. The monoisotopic (exact) mass is 353 g/mol. The van der Waals surface area contributed by atoms with Gasteiger partial charge in [-0.2, -0.15) is 0 Å². The molecule has 0 saturated carbocycles. The lowest BCUT2D eigenvalue weighted by atomic mass is 10.4. The molecule has 2 aromatic heterocycles. The summed E-state index contributed by atoms with van der Waals surface area (Å²) in [6, 6.07) is 4.38. The van der Waals surface area contributed by atoms with Crippen LogP contribution in [0.4, 0.5) is 5.82 Å². The summed E-state index contributed by atoms with van der Waals surface area (Å²) in [6.07, 6.45) is 0. The topological polar surface area (TPSA) is 135 Å². The molecule has 0 fully saturated rings. The number of carbonyl (C=O) groups excluding carboxylic acids is 2. The highest BCUT2D eigenvalue weighted by atomic mass is 32.2. The first kappa shape index (κ1) is 17.6. The molecule has 3 N–H and O–H groups in total. The molecule has 9 nitrogen and oxygen atoms in total. The normalized spacial score (nSPS) is 10.4. The molecule has 0 aliphatic carbocycles. The minimum Gasteiger partial charge on any atom is -0.475 e. The molecule has 2 heterocycles. The first-order valence-electron chi connectivity index (χ1n) is 6.83. The molecule has 0 aliphatic rings. The van der Waals surface area contributed by atoms with Crippen molar-refractivity contribution in [3.8, 4) is 0 Å². The number of carbonyl (C=O) groups is 3. The zero-order chi connectivity index (χ0) is 17.5. The Hall–Kier alpha value is -2.75. The van der Waals surface area contributed by atoms with E-state index in [0.717, 1.165) is 11.8 Å². The third-order valence-electron chi connectivity index (χ3n) is 2.69. The Morgan fingerprint density at radius 2 is 2.00 bits per heavy atom. The smallest absolute Gasteiger partial charge is 0.371 e. The molecular weight excluding hydrogens is 338 g/mol. The molecule has 0 radical (unpaired) electrons. The van der Waals surface area contributed by atoms with Crippen LogP contribution in [0.1, 0.15) is 22.1 Å². The summed E-state index contributed by atoms with van der Waals surface area (Å²) in [6.45, 7) is 1.79. The van der Waals surface area contributed by atoms with Gasteiger partial charge in [-0.25, -0.2) is 4.79 Å². The number of amides is 2. The Labute approximate surface area is 140 Å². The van der Waals surface area contributed by atoms with Gasteiger partial charge in [-0.3, -0.25) is 9.59 Å². The number of aromatic carboxylic acids is 1. The second-order valence-electron chi connectivity index (χ2n) is 4.71. The Balaban J connectivity index is 1.63. The van der Waals surface area contributed by atoms with Crippen molar-refractivity contribution in [3.05, 3.63) is 35.5 Å². The number of rotatable bonds is 8. The Morgan fingerprint density at radius 3 is 2.62 bits per heavy atom. The summed E-state index contributed by atoms with van der Waals surface area (Å²) in [5.74, 6) is -0.525. The lowest BCUT2D eigenvalue weighted by Crippen LogP contribution is -2.25. The lowest BCUT2D eigenvalue weighted by molar-refractivity contribution is -0.118. The summed E-state index contributed by atoms with van der Waals surface area (Å²) < 4.78 is 9.82. The van der Waals surface area contributed by atoms with Crippen molar-refractivity contribution in [2.75, 3.05) is 16.8 Å². The van der Waals surface area contributed by atoms with E-state index in [9.17, 15) is 14.4 Å². The van der Waals surface area contributed by atoms with Crippen LogP contribution in [0.25, 0.3) is 0 Å². The third-order valence-corrected chi connectivity index (χ3v) is 3.63. The highest BCUT2D eigenvalue weighted by molar-refractivity contribution is 8.00. The average molecular weight is 353 g/mol. The van der Waals surface area contributed by atoms with Crippen molar-refractivity contribution >= 4 is 35.4 Å². The van der Waals surface area contributed by atoms with E-state index in [0.29, 0.717) is 17.3 Å². The molecule has 0 unspecified atom stereocenters. The Bertz CT molecular complexity index is 738. The second-order valence-corrected chi connectivity index (χ2v) is 5.70. The van der Waals surface area contributed by atoms with Crippen LogP contribution in [-0.2, 0) is 16.1 Å². The van der Waals surface area contributed by atoms with Gasteiger partial charge in [-0.05, 0) is 19.1 Å². The van der Waals surface area contributed by atoms with Crippen molar-refractivity contribution in [1.29, 1.82) is 0 Å². The quantitative estimate of drug-likeness (QED) is 0.645. The van der Waals surface area contributed by atoms with E-state index in [1.54, 1.807) is 13.0 Å². The predicted molar refractivity (Wildman–Crippen MR) is 84.7 cm³/mol. The third kappa shape index (κ3) is 5.47. The molecule has 10 heteroatoms. The number of furan rings is 1. The highest BCUT2D eigenvalue weighted by Gasteiger charge is 2.11. The van der Waals surface area contributed by atoms with Crippen LogP contribution in [0.3, 0.4) is 0 Å². The lowest BCUT2D eigenvalue weighted by Gasteiger charge is -2.03. The molecule has 0 saturated heterocycles. The fraction of sp³-hybridized carbons (Fsp3) is 0.286. The maximum absolute atomic E-state index is 11.7. The van der Waals surface area contributed by atoms with Crippen molar-refractivity contribution in [3.63, 3.8) is 0 Å². The van der Waals surface area contributed by atoms with E-state index in [4.69, 9.17) is 14.0 Å². The van der Waals surface area contributed by atoms with E-state index in [2.05, 4.69) is 15.8 Å². The molecule has 0 atom stereocenters. The minimum atomic E-state index is -1.17. The zero-order valence-electron chi connectivity index (χ0n) is 12.7. The fourth-order valence-electron chi connectivity index (χ4n) is 1.67. The van der Waals surface area contributed by atoms with Crippen LogP contribution in [0.2, 0.25) is 0 Å². The van der Waals surface area contributed by atoms with Gasteiger partial charge >= 0.3 is 5.97 Å². The number of nitrogens with zero attached hydrogens (tertiary/aromatic N) is 1. The van der Waals surface area contributed by atoms with Crippen LogP contribution in [0.5, 0.6) is 0 Å². The van der Waals surface area contributed by atoms with E-state index >= 15 is 0 Å². The van der Waals surface area contributed by atoms with E-state index in [-0.39, 0.29) is 35.6 Å². The predicted octanol–water partition coefficient (Wildman–Crippen LogP) is 1.26. The first-order valence-corrected chi connectivity index (χ1v) is 7.99. The van der Waals surface area contributed by atoms with Gasteiger partial charge in [0.1, 0.15) is 11.5 Å². The average Bonchev–Trinajstić information content (AvgIpc) is 3.14. The number of thioether (sulfide) groups is 1. The number of hydrogen-bond acceptors (Lipinski definition) is 7. The van der Waals surface area contributed by atoms with E-state index < -0.39 is 5.97 Å². The van der Waals surface area contributed by atoms with Crippen molar-refractivity contribution in [2.45, 2.75) is 13.5 Å². The molecule has 0 aromatic carbocycles. The molecular formula is C14H15N3O6S. The number of carboxylic acids is 1. The zero-order valence-corrected chi connectivity index (χ0v) is 13.5. The van der Waals surface area contributed by atoms with Crippen LogP contribution in [-0.4, -0.2) is 39.6 Å². The maximum atomic E-state index is 11.7. The second kappa shape index (κ2) is 8.20. The molecule has 128 valence electrons. The number of aromatic nitrogens is 1. The highest BCUT2D eigenvalue weighted by Crippen LogP contribution is 2.09. The van der Waals surface area contributed by atoms with Crippen LogP contribution in [0, 0.1) is 6.92 Å². The molecule has 0 bridgehead atoms. The van der Waals surface area contributed by atoms with Crippen LogP contribution in [0.15, 0.2) is 27.1 Å². The number of hydrogen-bond donors (Lipinski definition) is 3. The van der Waals surface area contributed by atoms with Gasteiger partial charge in [0, 0.05) is 6.07 Å². The van der Waals surface area contributed by atoms with Crippen LogP contribution < -0.4 is 10.6 Å². The largest absolute Gasteiger partial charge is 0.475 e. The van der Waals surface area contributed by atoms with Gasteiger partial charge in [-0.15, -0.1) is 11.8 Å². The molecule has 2 aromatic rings. The van der Waals surface area contributed by atoms with Gasteiger partial charge < -0.3 is 24.7 Å². The summed E-state index contributed by atoms with van der Waals surface area (Å²) in [5, 5.41) is 17.5. The summed E-state index contributed by atoms with van der Waals surface area (Å²) >= 11 is 1.13. The number of carboxylic acid groups (broad SMARTS) is 1. The van der Waals surface area contributed by atoms with Crippen molar-refractivity contribution < 1.29 is 28.4 Å². The Morgan fingerprint density at radius 1 is 1.25 bits per heavy atom. The van der Waals surface area contributed by atoms with Gasteiger partial charge in [0.05, 0.1) is 18.1 Å². The summed E-state index contributed by atoms with van der Waals surface area (Å²) in [4.78, 5) is 33.9. The van der Waals surface area contributed by atoms with Gasteiger partial charge in [0.25, 0.3) is 0 Å². The van der Waals surface area contributed by atoms with E-state index in [1.807, 2.05) is 0 Å². The molecule has 0 aliphatic heterocycles. The number of anilines is 1. The SMILES string of the molecule is Cc1cc(NC(=O)CSCC(=O)NCc2ccc(C(=O)O)o2)no1. The first-order chi connectivity index (χ1) is 11.4. The molecule has 0 spiro atoms. The van der Waals surface area contributed by atoms with Crippen molar-refractivity contribution in [2.24, 2.45) is 0 Å². The number of nitrogens with one attached hydrogen (secondary N) is 2. The summed E-state index contributed by atoms with van der Waals surface area (Å²) in [7, 11) is 0. The standard InChI is InChI=1S/C14H15N3O6S/c1-8-4-11(17-23-8)16-13(19)7-24-6-12(18)15-5-9-2-3-10(22-9)14(20)21/h2-4H,5-7H2,1H3,(H,15,18)(H,20,21)(H,16,17,19). The molecule has 2 rings (SSSR count). The van der Waals surface area contributed by atoms with Gasteiger partial charge in [0.2, 0.25) is 17.6 Å². The fourth-order valence-corrected chi connectivity index (χ4v) is 2.31.